The second-order valence-corrected chi connectivity index (χ2v) is 17.4. The molecule has 2 amide bonds. The highest BCUT2D eigenvalue weighted by molar-refractivity contribution is 5.99. The van der Waals surface area contributed by atoms with Crippen LogP contribution in [0.1, 0.15) is 84.1 Å². The van der Waals surface area contributed by atoms with Crippen molar-refractivity contribution in [2.75, 3.05) is 37.7 Å². The maximum atomic E-state index is 14.9. The largest absolute Gasteiger partial charge is 0.479 e. The number of likely N-dealkylation sites (tertiary alicyclic amines) is 1. The molecule has 7 fully saturated rings. The fourth-order valence-corrected chi connectivity index (χ4v) is 12.1. The number of aromatic nitrogens is 2. The molecule has 6 atom stereocenters. The second-order valence-electron chi connectivity index (χ2n) is 17.4. The lowest BCUT2D eigenvalue weighted by atomic mass is 9.36. The van der Waals surface area contributed by atoms with Gasteiger partial charge in [0.15, 0.2) is 5.69 Å². The highest BCUT2D eigenvalue weighted by atomic mass is 19.4. The minimum Gasteiger partial charge on any atom is -0.479 e. The zero-order valence-corrected chi connectivity index (χ0v) is 31.4. The van der Waals surface area contributed by atoms with Crippen LogP contribution in [0.3, 0.4) is 0 Å². The van der Waals surface area contributed by atoms with Crippen molar-refractivity contribution in [1.29, 1.82) is 0 Å². The average molecular weight is 784 g/mol. The quantitative estimate of drug-likeness (QED) is 0.257. The van der Waals surface area contributed by atoms with Crippen LogP contribution in [-0.2, 0) is 32.5 Å². The van der Waals surface area contributed by atoms with Gasteiger partial charge in [0.25, 0.3) is 5.91 Å². The molecule has 57 heavy (non-hydrogen) atoms. The third-order valence-electron chi connectivity index (χ3n) is 14.8. The first kappa shape index (κ1) is 36.4. The number of rotatable bonds is 7. The Hall–Kier alpha value is -4.98. The molecule has 298 valence electrons. The number of carboxylic acids is 1. The Morgan fingerprint density at radius 3 is 2.51 bits per heavy atom. The van der Waals surface area contributed by atoms with Gasteiger partial charge in [0.2, 0.25) is 5.95 Å². The van der Waals surface area contributed by atoms with Gasteiger partial charge in [-0.3, -0.25) is 4.79 Å². The van der Waals surface area contributed by atoms with Gasteiger partial charge < -0.3 is 29.7 Å². The Kier molecular flexibility index (Phi) is 8.31. The number of benzene rings is 2. The van der Waals surface area contributed by atoms with E-state index in [1.807, 2.05) is 42.5 Å². The van der Waals surface area contributed by atoms with Gasteiger partial charge in [0.05, 0.1) is 5.56 Å². The van der Waals surface area contributed by atoms with Crippen LogP contribution < -0.4 is 10.2 Å². The topological polar surface area (TPSA) is 134 Å². The molecule has 6 unspecified atom stereocenters. The molecule has 2 saturated heterocycles. The summed E-state index contributed by atoms with van der Waals surface area (Å²) in [4.78, 5) is 51.4. The van der Waals surface area contributed by atoms with Crippen molar-refractivity contribution in [3.8, 4) is 0 Å². The van der Waals surface area contributed by atoms with Crippen molar-refractivity contribution in [3.05, 3.63) is 88.2 Å². The molecule has 1 aromatic heterocycles. The summed E-state index contributed by atoms with van der Waals surface area (Å²) in [6, 6.07) is 15.5. The molecule has 4 heterocycles. The molecule has 5 aliphatic carbocycles. The molecule has 2 aromatic carbocycles. The van der Waals surface area contributed by atoms with E-state index in [-0.39, 0.29) is 35.9 Å². The van der Waals surface area contributed by atoms with Crippen LogP contribution in [0.15, 0.2) is 60.3 Å². The Morgan fingerprint density at radius 2 is 1.81 bits per heavy atom. The number of nitrogens with one attached hydrogen (secondary N) is 1. The molecule has 3 bridgehead atoms. The first-order valence-corrected chi connectivity index (χ1v) is 20.1. The summed E-state index contributed by atoms with van der Waals surface area (Å²) in [6.07, 6.45) is 3.37. The van der Waals surface area contributed by atoms with Crippen LogP contribution >= 0.6 is 0 Å². The van der Waals surface area contributed by atoms with E-state index in [4.69, 9.17) is 9.47 Å². The summed E-state index contributed by atoms with van der Waals surface area (Å²) in [5.41, 5.74) is 0.470. The van der Waals surface area contributed by atoms with Crippen LogP contribution in [0.4, 0.5) is 29.6 Å². The lowest BCUT2D eigenvalue weighted by Crippen LogP contribution is -2.67. The van der Waals surface area contributed by atoms with Crippen LogP contribution in [0.25, 0.3) is 6.08 Å². The van der Waals surface area contributed by atoms with Gasteiger partial charge in [-0.05, 0) is 109 Å². The zero-order chi connectivity index (χ0) is 39.3. The monoisotopic (exact) mass is 783 g/mol. The van der Waals surface area contributed by atoms with Gasteiger partial charge in [-0.25, -0.2) is 19.6 Å². The first-order valence-electron chi connectivity index (χ1n) is 20.1. The van der Waals surface area contributed by atoms with E-state index in [1.54, 1.807) is 9.80 Å². The molecule has 3 aromatic rings. The van der Waals surface area contributed by atoms with Gasteiger partial charge in [0.1, 0.15) is 12.1 Å². The summed E-state index contributed by atoms with van der Waals surface area (Å²) >= 11 is 0. The number of ether oxygens (including phenoxy) is 2. The molecule has 5 saturated carbocycles. The summed E-state index contributed by atoms with van der Waals surface area (Å²) in [5, 5.41) is 13.2. The number of hydrogen-bond acceptors (Lipinski definition) is 8. The van der Waals surface area contributed by atoms with Crippen molar-refractivity contribution in [1.82, 2.24) is 20.2 Å². The molecule has 0 radical (unpaired) electrons. The molecule has 11 nitrogen and oxygen atoms in total. The molecule has 11 rings (SSSR count). The van der Waals surface area contributed by atoms with E-state index in [2.05, 4.69) is 27.4 Å². The number of amides is 2. The van der Waals surface area contributed by atoms with Crippen LogP contribution in [0, 0.1) is 29.1 Å². The van der Waals surface area contributed by atoms with E-state index in [0.717, 1.165) is 29.3 Å². The average Bonchev–Trinajstić information content (AvgIpc) is 3.51. The molecule has 8 aliphatic rings. The third kappa shape index (κ3) is 5.60. The summed E-state index contributed by atoms with van der Waals surface area (Å²) in [7, 11) is 0. The molecule has 3 aliphatic heterocycles. The number of carboxylic acid groups (broad SMARTS) is 1. The van der Waals surface area contributed by atoms with Crippen LogP contribution in [-0.4, -0.2) is 76.3 Å². The minimum atomic E-state index is -5.00. The lowest BCUT2D eigenvalue weighted by Gasteiger charge is -2.68. The maximum Gasteiger partial charge on any atom is 0.434 e. The highest BCUT2D eigenvalue weighted by Gasteiger charge is 2.82. The number of carbonyl (C=O) groups is 3. The Morgan fingerprint density at radius 1 is 1.04 bits per heavy atom. The number of anilines is 2. The normalized spacial score (nSPS) is 30.3. The van der Waals surface area contributed by atoms with Gasteiger partial charge >= 0.3 is 18.2 Å². The second kappa shape index (κ2) is 13.0. The molecular formula is C43H44F3N5O6. The predicted octanol–water partition coefficient (Wildman–Crippen LogP) is 7.13. The first-order chi connectivity index (χ1) is 27.4. The van der Waals surface area contributed by atoms with E-state index in [9.17, 15) is 32.7 Å². The number of halogens is 3. The lowest BCUT2D eigenvalue weighted by molar-refractivity contribution is -0.197. The standard InChI is InChI=1S/C43H44F3N5O6/c44-43(45,46)35-30(36(52)49-42(37(53)54)29-18-28-20-41(21-29)31(28)19-34(41)42)22-47-38(48-35)51-24-40(10-14-56-15-11-40)32-17-27(6-7-33(32)51)16-25-8-12-50(13-9-25)39(55)57-23-26-4-2-1-3-5-26/h1-7,16-17,22,28-29,31,34H,8-15,18-21,23-24H2,(H,49,52)(H,53,54). The SMILES string of the molecule is O=C(NC1(C(=O)O)C2CC3CC4(C2)C3CC41)c1cnc(N2CC3(CCOCC3)c3cc(C=C4CCN(C(=O)OCc5ccccc5)CC4)ccc32)nc1C(F)(F)F. The van der Waals surface area contributed by atoms with Gasteiger partial charge in [-0.2, -0.15) is 13.2 Å². The zero-order valence-electron chi connectivity index (χ0n) is 31.4. The maximum absolute atomic E-state index is 14.9. The number of fused-ring (bicyclic) bond motifs is 2. The molecule has 14 heteroatoms. The van der Waals surface area contributed by atoms with E-state index in [0.29, 0.717) is 95.3 Å². The van der Waals surface area contributed by atoms with Crippen LogP contribution in [0.2, 0.25) is 0 Å². The molecular weight excluding hydrogens is 739 g/mol. The minimum absolute atomic E-state index is 0.109. The number of carbonyl (C=O) groups excluding carboxylic acids is 2. The third-order valence-corrected chi connectivity index (χ3v) is 14.8. The fourth-order valence-electron chi connectivity index (χ4n) is 12.1. The van der Waals surface area contributed by atoms with E-state index in [1.165, 1.54) is 5.57 Å². The van der Waals surface area contributed by atoms with Gasteiger partial charge in [-0.15, -0.1) is 0 Å². The summed E-state index contributed by atoms with van der Waals surface area (Å²) < 4.78 is 55.8. The Balaban J connectivity index is 0.898. The smallest absolute Gasteiger partial charge is 0.434 e. The predicted molar refractivity (Wildman–Crippen MR) is 200 cm³/mol. The van der Waals surface area contributed by atoms with Crippen molar-refractivity contribution in [3.63, 3.8) is 0 Å². The van der Waals surface area contributed by atoms with E-state index >= 15 is 0 Å². The van der Waals surface area contributed by atoms with Gasteiger partial charge in [-0.1, -0.05) is 48.0 Å². The van der Waals surface area contributed by atoms with E-state index < -0.39 is 40.3 Å². The molecule has 2 spiro atoms. The number of nitrogens with zero attached hydrogens (tertiary/aromatic N) is 4. The highest BCUT2D eigenvalue weighted by Crippen LogP contribution is 2.82. The Labute approximate surface area is 327 Å². The number of piperidine rings is 1. The fraction of sp³-hybridized carbons (Fsp3) is 0.512. The van der Waals surface area contributed by atoms with Crippen molar-refractivity contribution < 1.29 is 42.1 Å². The number of aliphatic carboxylic acids is 1. The number of alkyl halides is 3. The van der Waals surface area contributed by atoms with Crippen molar-refractivity contribution in [2.24, 2.45) is 29.1 Å². The van der Waals surface area contributed by atoms with Gasteiger partial charge in [0, 0.05) is 50.1 Å². The van der Waals surface area contributed by atoms with Crippen molar-refractivity contribution in [2.45, 2.75) is 75.1 Å². The summed E-state index contributed by atoms with van der Waals surface area (Å²) in [5.74, 6) is -2.15. The van der Waals surface area contributed by atoms with Crippen molar-refractivity contribution >= 4 is 35.7 Å². The molecule has 2 N–H and O–H groups in total. The number of hydrogen-bond donors (Lipinski definition) is 2. The summed E-state index contributed by atoms with van der Waals surface area (Å²) in [6.45, 7) is 2.62. The Bertz CT molecular complexity index is 2180. The van der Waals surface area contributed by atoms with Crippen LogP contribution in [0.5, 0.6) is 0 Å².